The molecule has 0 saturated carbocycles. The van der Waals surface area contributed by atoms with E-state index < -0.39 is 0 Å². The second-order valence-electron chi connectivity index (χ2n) is 6.16. The molecule has 7 nitrogen and oxygen atoms in total. The zero-order chi connectivity index (χ0) is 18.9. The summed E-state index contributed by atoms with van der Waals surface area (Å²) in [6, 6.07) is 13.0. The smallest absolute Gasteiger partial charge is 0.251 e. The number of amides is 2. The largest absolute Gasteiger partial charge is 0.473 e. The fourth-order valence-electron chi connectivity index (χ4n) is 2.72. The zero-order valence-electron chi connectivity index (χ0n) is 15.1. The normalized spacial score (nSPS) is 13.9. The number of pyridine rings is 1. The number of hydrogen-bond acceptors (Lipinski definition) is 5. The van der Waals surface area contributed by atoms with E-state index in [0.29, 0.717) is 44.4 Å². The molecule has 1 fully saturated rings. The van der Waals surface area contributed by atoms with Crippen molar-refractivity contribution in [1.29, 1.82) is 0 Å². The molecule has 1 saturated heterocycles. The number of rotatable bonds is 7. The molecule has 7 heteroatoms. The number of carbonyl (C=O) groups excluding carboxylic acids is 2. The molecule has 2 amide bonds. The number of hydrogen-bond donors (Lipinski definition) is 1. The van der Waals surface area contributed by atoms with E-state index in [9.17, 15) is 9.59 Å². The average Bonchev–Trinajstić information content (AvgIpc) is 2.73. The Labute approximate surface area is 158 Å². The van der Waals surface area contributed by atoms with Crippen molar-refractivity contribution in [1.82, 2.24) is 15.2 Å². The molecule has 2 heterocycles. The molecule has 0 atom stereocenters. The van der Waals surface area contributed by atoms with Gasteiger partial charge in [0.2, 0.25) is 11.8 Å². The van der Waals surface area contributed by atoms with Crippen LogP contribution in [0.2, 0.25) is 0 Å². The van der Waals surface area contributed by atoms with E-state index >= 15 is 0 Å². The van der Waals surface area contributed by atoms with Gasteiger partial charge in [-0.05, 0) is 11.6 Å². The van der Waals surface area contributed by atoms with E-state index in [2.05, 4.69) is 10.3 Å². The molecule has 142 valence electrons. The summed E-state index contributed by atoms with van der Waals surface area (Å²) < 4.78 is 10.9. The molecule has 0 spiro atoms. The van der Waals surface area contributed by atoms with Crippen LogP contribution in [0.3, 0.4) is 0 Å². The highest BCUT2D eigenvalue weighted by Gasteiger charge is 2.16. The van der Waals surface area contributed by atoms with E-state index in [-0.39, 0.29) is 24.8 Å². The monoisotopic (exact) mass is 369 g/mol. The maximum Gasteiger partial charge on any atom is 0.251 e. The van der Waals surface area contributed by atoms with Crippen LogP contribution in [0.4, 0.5) is 0 Å². The first-order chi connectivity index (χ1) is 13.2. The molecule has 1 N–H and O–H groups in total. The Morgan fingerprint density at radius 2 is 1.93 bits per heavy atom. The fraction of sp³-hybridized carbons (Fsp3) is 0.350. The molecule has 0 radical (unpaired) electrons. The van der Waals surface area contributed by atoms with Gasteiger partial charge in [0.15, 0.2) is 0 Å². The number of benzene rings is 1. The van der Waals surface area contributed by atoms with Crippen LogP contribution >= 0.6 is 0 Å². The summed E-state index contributed by atoms with van der Waals surface area (Å²) in [6.07, 6.45) is 1.81. The standard InChI is InChI=1S/C20H23N3O4/c24-19(23-10-12-26-13-11-23)7-9-22-20(25)17-6-8-21-18(14-17)27-15-16-4-2-1-3-5-16/h1-6,8,14H,7,9-13,15H2,(H,22,25). The highest BCUT2D eigenvalue weighted by atomic mass is 16.5. The second-order valence-corrected chi connectivity index (χ2v) is 6.16. The third-order valence-corrected chi connectivity index (χ3v) is 4.21. The van der Waals surface area contributed by atoms with Gasteiger partial charge in [0.25, 0.3) is 5.91 Å². The molecular formula is C20H23N3O4. The summed E-state index contributed by atoms with van der Waals surface area (Å²) in [5.74, 6) is 0.160. The first kappa shape index (κ1) is 18.8. The molecule has 1 aromatic heterocycles. The highest BCUT2D eigenvalue weighted by molar-refractivity contribution is 5.94. The summed E-state index contributed by atoms with van der Waals surface area (Å²) in [4.78, 5) is 30.3. The number of nitrogens with one attached hydrogen (secondary N) is 1. The zero-order valence-corrected chi connectivity index (χ0v) is 15.1. The van der Waals surface area contributed by atoms with Crippen LogP contribution in [-0.4, -0.2) is 54.5 Å². The number of morpholine rings is 1. The number of ether oxygens (including phenoxy) is 2. The maximum absolute atomic E-state index is 12.3. The van der Waals surface area contributed by atoms with Gasteiger partial charge in [0.05, 0.1) is 13.2 Å². The van der Waals surface area contributed by atoms with Crippen molar-refractivity contribution in [2.45, 2.75) is 13.0 Å². The first-order valence-corrected chi connectivity index (χ1v) is 8.99. The van der Waals surface area contributed by atoms with Crippen molar-refractivity contribution in [3.63, 3.8) is 0 Å². The maximum atomic E-state index is 12.3. The lowest BCUT2D eigenvalue weighted by atomic mass is 10.2. The van der Waals surface area contributed by atoms with Crippen molar-refractivity contribution in [3.05, 3.63) is 59.8 Å². The van der Waals surface area contributed by atoms with Crippen LogP contribution in [0.5, 0.6) is 5.88 Å². The summed E-state index contributed by atoms with van der Waals surface area (Å²) in [5.41, 5.74) is 1.47. The quantitative estimate of drug-likeness (QED) is 0.802. The van der Waals surface area contributed by atoms with Gasteiger partial charge in [-0.25, -0.2) is 4.98 Å². The van der Waals surface area contributed by atoms with E-state index in [1.54, 1.807) is 17.0 Å². The molecular weight excluding hydrogens is 346 g/mol. The van der Waals surface area contributed by atoms with Crippen LogP contribution in [0.15, 0.2) is 48.7 Å². The molecule has 3 rings (SSSR count). The summed E-state index contributed by atoms with van der Waals surface area (Å²) in [6.45, 7) is 3.03. The first-order valence-electron chi connectivity index (χ1n) is 8.99. The van der Waals surface area contributed by atoms with Crippen molar-refractivity contribution in [2.24, 2.45) is 0 Å². The van der Waals surface area contributed by atoms with Crippen molar-refractivity contribution < 1.29 is 19.1 Å². The van der Waals surface area contributed by atoms with Gasteiger partial charge in [-0.3, -0.25) is 9.59 Å². The Morgan fingerprint density at radius 1 is 1.15 bits per heavy atom. The van der Waals surface area contributed by atoms with Crippen molar-refractivity contribution in [3.8, 4) is 5.88 Å². The Balaban J connectivity index is 1.46. The second kappa shape index (κ2) is 9.68. The molecule has 0 bridgehead atoms. The van der Waals surface area contributed by atoms with Crippen LogP contribution in [-0.2, 0) is 16.1 Å². The minimum atomic E-state index is -0.253. The lowest BCUT2D eigenvalue weighted by Gasteiger charge is -2.26. The Bertz CT molecular complexity index is 761. The van der Waals surface area contributed by atoms with Crippen LogP contribution in [0.25, 0.3) is 0 Å². The molecule has 1 aliphatic heterocycles. The van der Waals surface area contributed by atoms with Gasteiger partial charge < -0.3 is 19.7 Å². The minimum Gasteiger partial charge on any atom is -0.473 e. The highest BCUT2D eigenvalue weighted by Crippen LogP contribution is 2.12. The van der Waals surface area contributed by atoms with Crippen LogP contribution < -0.4 is 10.1 Å². The predicted octanol–water partition coefficient (Wildman–Crippen LogP) is 1.64. The SMILES string of the molecule is O=C(NCCC(=O)N1CCOCC1)c1ccnc(OCc2ccccc2)c1. The van der Waals surface area contributed by atoms with E-state index in [1.807, 2.05) is 30.3 Å². The molecule has 0 unspecified atom stereocenters. The minimum absolute atomic E-state index is 0.0280. The van der Waals surface area contributed by atoms with Gasteiger partial charge in [0, 0.05) is 43.9 Å². The third kappa shape index (κ3) is 5.79. The lowest BCUT2D eigenvalue weighted by molar-refractivity contribution is -0.135. The predicted molar refractivity (Wildman–Crippen MR) is 99.4 cm³/mol. The molecule has 1 aliphatic rings. The van der Waals surface area contributed by atoms with Gasteiger partial charge in [0.1, 0.15) is 6.61 Å². The summed E-state index contributed by atoms with van der Waals surface area (Å²) in [7, 11) is 0. The summed E-state index contributed by atoms with van der Waals surface area (Å²) in [5, 5.41) is 2.77. The van der Waals surface area contributed by atoms with Gasteiger partial charge in [-0.1, -0.05) is 30.3 Å². The van der Waals surface area contributed by atoms with E-state index in [4.69, 9.17) is 9.47 Å². The van der Waals surface area contributed by atoms with Crippen molar-refractivity contribution in [2.75, 3.05) is 32.8 Å². The lowest BCUT2D eigenvalue weighted by Crippen LogP contribution is -2.42. The van der Waals surface area contributed by atoms with E-state index in [0.717, 1.165) is 5.56 Å². The van der Waals surface area contributed by atoms with Crippen LogP contribution in [0, 0.1) is 0 Å². The summed E-state index contributed by atoms with van der Waals surface area (Å²) >= 11 is 0. The number of nitrogens with zero attached hydrogens (tertiary/aromatic N) is 2. The third-order valence-electron chi connectivity index (χ3n) is 4.21. The topological polar surface area (TPSA) is 80.8 Å². The molecule has 2 aromatic rings. The van der Waals surface area contributed by atoms with E-state index in [1.165, 1.54) is 6.20 Å². The van der Waals surface area contributed by atoms with Crippen molar-refractivity contribution >= 4 is 11.8 Å². The van der Waals surface area contributed by atoms with Crippen LogP contribution in [0.1, 0.15) is 22.3 Å². The molecule has 27 heavy (non-hydrogen) atoms. The average molecular weight is 369 g/mol. The number of aromatic nitrogens is 1. The molecule has 1 aromatic carbocycles. The van der Waals surface area contributed by atoms with Gasteiger partial charge in [-0.2, -0.15) is 0 Å². The Morgan fingerprint density at radius 3 is 2.70 bits per heavy atom. The fourth-order valence-corrected chi connectivity index (χ4v) is 2.72. The van der Waals surface area contributed by atoms with Gasteiger partial charge >= 0.3 is 0 Å². The van der Waals surface area contributed by atoms with Gasteiger partial charge in [-0.15, -0.1) is 0 Å². The Kier molecular flexibility index (Phi) is 6.76. The Hall–Kier alpha value is -2.93. The molecule has 0 aliphatic carbocycles. The number of carbonyl (C=O) groups is 2.